The van der Waals surface area contributed by atoms with Crippen molar-refractivity contribution in [1.82, 2.24) is 14.7 Å². The molecule has 0 saturated carbocycles. The van der Waals surface area contributed by atoms with Crippen molar-refractivity contribution in [2.24, 2.45) is 0 Å². The summed E-state index contributed by atoms with van der Waals surface area (Å²) in [6.45, 7) is 6.00. The van der Waals surface area contributed by atoms with Gasteiger partial charge in [0.1, 0.15) is 0 Å². The first-order chi connectivity index (χ1) is 13.4. The lowest BCUT2D eigenvalue weighted by Gasteiger charge is -2.38. The molecule has 2 aliphatic rings. The molecule has 1 unspecified atom stereocenters. The fourth-order valence-corrected chi connectivity index (χ4v) is 3.78. The van der Waals surface area contributed by atoms with Gasteiger partial charge >= 0.3 is 12.3 Å². The molecule has 2 atom stereocenters. The maximum absolute atomic E-state index is 12.7. The van der Waals surface area contributed by atoms with Crippen LogP contribution in [0.2, 0.25) is 0 Å². The van der Waals surface area contributed by atoms with Gasteiger partial charge in [-0.05, 0) is 18.9 Å². The lowest BCUT2D eigenvalue weighted by atomic mass is 9.87. The van der Waals surface area contributed by atoms with Crippen LogP contribution in [-0.2, 0) is 14.9 Å². The van der Waals surface area contributed by atoms with Crippen molar-refractivity contribution < 1.29 is 32.5 Å². The van der Waals surface area contributed by atoms with Crippen molar-refractivity contribution in [3.05, 3.63) is 18.0 Å². The summed E-state index contributed by atoms with van der Waals surface area (Å²) in [5.41, 5.74) is 0.547. The molecule has 2 saturated heterocycles. The number of rotatable bonds is 3. The highest BCUT2D eigenvalue weighted by molar-refractivity contribution is 5.68. The Bertz CT molecular complexity index is 722. The van der Waals surface area contributed by atoms with Crippen LogP contribution in [0.5, 0.6) is 0 Å². The van der Waals surface area contributed by atoms with Crippen LogP contribution in [0.3, 0.4) is 0 Å². The molecule has 0 aliphatic carbocycles. The van der Waals surface area contributed by atoms with E-state index in [1.807, 2.05) is 16.9 Å². The lowest BCUT2D eigenvalue weighted by molar-refractivity contribution is -0.215. The summed E-state index contributed by atoms with van der Waals surface area (Å²) in [5.74, 6) is 0. The molecule has 1 aromatic heterocycles. The number of hydrogen-bond acceptors (Lipinski definition) is 5. The molecule has 1 aromatic rings. The Morgan fingerprint density at radius 2 is 2.00 bits per heavy atom. The first kappa shape index (κ1) is 24.5. The van der Waals surface area contributed by atoms with E-state index in [1.165, 1.54) is 4.90 Å². The van der Waals surface area contributed by atoms with Crippen molar-refractivity contribution in [2.75, 3.05) is 26.3 Å². The number of nitrogens with zero attached hydrogens (tertiary/aromatic N) is 3. The minimum atomic E-state index is -4.79. The van der Waals surface area contributed by atoms with Gasteiger partial charge in [-0.25, -0.2) is 4.79 Å². The van der Waals surface area contributed by atoms with Crippen LogP contribution in [0.4, 0.5) is 18.0 Å². The number of ether oxygens (including phenoxy) is 2. The molecule has 172 valence electrons. The summed E-state index contributed by atoms with van der Waals surface area (Å²) in [7, 11) is 0. The number of piperidine rings is 1. The fraction of sp³-hybridized carbons (Fsp3) is 0.800. The quantitative estimate of drug-likeness (QED) is 0.784. The minimum absolute atomic E-state index is 0. The molecule has 30 heavy (non-hydrogen) atoms. The molecule has 1 spiro atoms. The number of aliphatic hydroxyl groups excluding tert-OH is 1. The largest absolute Gasteiger partial charge is 0.434 e. The Balaban J connectivity index is 0.00000320. The smallest absolute Gasteiger partial charge is 0.427 e. The molecule has 1 N–H and O–H groups in total. The number of aliphatic hydroxyl groups is 1. The van der Waals surface area contributed by atoms with E-state index in [0.29, 0.717) is 19.4 Å². The fourth-order valence-electron chi connectivity index (χ4n) is 3.78. The Hall–Kier alpha value is -1.81. The maximum Gasteiger partial charge on any atom is 0.427 e. The average molecular weight is 435 g/mol. The van der Waals surface area contributed by atoms with Gasteiger partial charge in [-0.15, -0.1) is 0 Å². The SMILES string of the molecule is C.CC(C)(C)c1ccn(C2COC3(CCN(C(=O)O[C@H](CO)C(F)(F)F)CC3)C2)n1. The minimum Gasteiger partial charge on any atom is -0.434 e. The van der Waals surface area contributed by atoms with Gasteiger partial charge in [-0.2, -0.15) is 18.3 Å². The van der Waals surface area contributed by atoms with E-state index in [2.05, 4.69) is 30.6 Å². The molecular weight excluding hydrogens is 403 g/mol. The van der Waals surface area contributed by atoms with Gasteiger partial charge in [0.2, 0.25) is 6.10 Å². The lowest BCUT2D eigenvalue weighted by Crippen LogP contribution is -2.49. The van der Waals surface area contributed by atoms with Crippen molar-refractivity contribution in [3.8, 4) is 0 Å². The van der Waals surface area contributed by atoms with Gasteiger partial charge in [-0.1, -0.05) is 28.2 Å². The van der Waals surface area contributed by atoms with Crippen molar-refractivity contribution >= 4 is 6.09 Å². The molecule has 10 heteroatoms. The predicted molar refractivity (Wildman–Crippen MR) is 104 cm³/mol. The Morgan fingerprint density at radius 1 is 1.37 bits per heavy atom. The normalized spacial score (nSPS) is 22.6. The predicted octanol–water partition coefficient (Wildman–Crippen LogP) is 3.67. The van der Waals surface area contributed by atoms with Crippen LogP contribution >= 0.6 is 0 Å². The zero-order chi connectivity index (χ0) is 21.4. The summed E-state index contributed by atoms with van der Waals surface area (Å²) in [4.78, 5) is 13.3. The zero-order valence-corrected chi connectivity index (χ0v) is 16.9. The molecule has 3 rings (SSSR count). The van der Waals surface area contributed by atoms with E-state index < -0.39 is 30.6 Å². The molecule has 0 aromatic carbocycles. The molecule has 7 nitrogen and oxygen atoms in total. The molecule has 0 bridgehead atoms. The van der Waals surface area contributed by atoms with E-state index in [4.69, 9.17) is 9.84 Å². The van der Waals surface area contributed by atoms with Crippen LogP contribution in [0.25, 0.3) is 0 Å². The van der Waals surface area contributed by atoms with E-state index in [1.54, 1.807) is 0 Å². The average Bonchev–Trinajstić information content (AvgIpc) is 3.26. The van der Waals surface area contributed by atoms with Gasteiger partial charge in [0.25, 0.3) is 0 Å². The number of hydrogen-bond donors (Lipinski definition) is 1. The van der Waals surface area contributed by atoms with Gasteiger partial charge in [0, 0.05) is 31.1 Å². The molecular formula is C20H32F3N3O4. The second-order valence-electron chi connectivity index (χ2n) is 8.87. The van der Waals surface area contributed by atoms with E-state index in [9.17, 15) is 18.0 Å². The number of carbonyl (C=O) groups excluding carboxylic acids is 1. The third-order valence-corrected chi connectivity index (χ3v) is 5.65. The molecule has 0 radical (unpaired) electrons. The van der Waals surface area contributed by atoms with Crippen LogP contribution in [0.1, 0.15) is 59.2 Å². The summed E-state index contributed by atoms with van der Waals surface area (Å²) in [5, 5.41) is 13.5. The Labute approximate surface area is 175 Å². The summed E-state index contributed by atoms with van der Waals surface area (Å²) >= 11 is 0. The topological polar surface area (TPSA) is 76.8 Å². The Kier molecular flexibility index (Phi) is 7.13. The highest BCUT2D eigenvalue weighted by Gasteiger charge is 2.46. The second kappa shape index (κ2) is 8.74. The van der Waals surface area contributed by atoms with Crippen LogP contribution < -0.4 is 0 Å². The van der Waals surface area contributed by atoms with Crippen molar-refractivity contribution in [1.29, 1.82) is 0 Å². The second-order valence-corrected chi connectivity index (χ2v) is 8.87. The van der Waals surface area contributed by atoms with Crippen molar-refractivity contribution in [2.45, 2.75) is 76.8 Å². The third-order valence-electron chi connectivity index (χ3n) is 5.65. The van der Waals surface area contributed by atoms with Gasteiger partial charge in [0.15, 0.2) is 0 Å². The van der Waals surface area contributed by atoms with Crippen LogP contribution in [0.15, 0.2) is 12.3 Å². The monoisotopic (exact) mass is 435 g/mol. The van der Waals surface area contributed by atoms with Crippen molar-refractivity contribution in [3.63, 3.8) is 0 Å². The standard InChI is InChI=1S/C19H28F3N3O4.CH4/c1-17(2,3)14-4-7-25(23-14)13-10-18(28-12-13)5-8-24(9-6-18)16(27)29-15(11-26)19(20,21)22;/h4,7,13,15,26H,5-6,8-12H2,1-3H3;1H4/t13?,15-;/m1./s1. The first-order valence-electron chi connectivity index (χ1n) is 9.76. The van der Waals surface area contributed by atoms with Gasteiger partial charge in [-0.3, -0.25) is 4.68 Å². The van der Waals surface area contributed by atoms with E-state index >= 15 is 0 Å². The molecule has 2 fully saturated rings. The molecule has 1 amide bonds. The third kappa shape index (κ3) is 5.26. The first-order valence-corrected chi connectivity index (χ1v) is 9.76. The number of aromatic nitrogens is 2. The highest BCUT2D eigenvalue weighted by atomic mass is 19.4. The number of alkyl halides is 3. The van der Waals surface area contributed by atoms with E-state index in [0.717, 1.165) is 12.1 Å². The number of halogens is 3. The van der Waals surface area contributed by atoms with Crippen LogP contribution in [-0.4, -0.2) is 70.1 Å². The number of amides is 1. The molecule has 3 heterocycles. The number of carbonyl (C=O) groups is 1. The van der Waals surface area contributed by atoms with Crippen LogP contribution in [0, 0.1) is 0 Å². The highest BCUT2D eigenvalue weighted by Crippen LogP contribution is 2.41. The van der Waals surface area contributed by atoms with Gasteiger partial charge < -0.3 is 19.5 Å². The maximum atomic E-state index is 12.7. The number of likely N-dealkylation sites (tertiary alicyclic amines) is 1. The Morgan fingerprint density at radius 3 is 2.50 bits per heavy atom. The molecule has 2 aliphatic heterocycles. The van der Waals surface area contributed by atoms with E-state index in [-0.39, 0.29) is 32.0 Å². The summed E-state index contributed by atoms with van der Waals surface area (Å²) in [6.07, 6.45) is -4.64. The van der Waals surface area contributed by atoms with Gasteiger partial charge in [0.05, 0.1) is 30.6 Å². The summed E-state index contributed by atoms with van der Waals surface area (Å²) < 4.78 is 50.5. The summed E-state index contributed by atoms with van der Waals surface area (Å²) in [6, 6.07) is 2.09. The zero-order valence-electron chi connectivity index (χ0n) is 16.9.